The van der Waals surface area contributed by atoms with E-state index in [0.717, 1.165) is 18.5 Å². The third-order valence-electron chi connectivity index (χ3n) is 5.49. The van der Waals surface area contributed by atoms with Crippen LogP contribution in [0.4, 0.5) is 0 Å². The monoisotopic (exact) mass is 437 g/mol. The van der Waals surface area contributed by atoms with Crippen LogP contribution in [-0.2, 0) is 28.4 Å². The summed E-state index contributed by atoms with van der Waals surface area (Å²) in [4.78, 5) is 15.2. The molecule has 1 amide bonds. The second kappa shape index (κ2) is 8.90. The summed E-state index contributed by atoms with van der Waals surface area (Å²) in [6.07, 6.45) is 4.48. The Labute approximate surface area is 178 Å². The van der Waals surface area contributed by atoms with Crippen LogP contribution in [-0.4, -0.2) is 46.7 Å². The first-order chi connectivity index (χ1) is 13.7. The first-order valence-corrected chi connectivity index (χ1v) is 11.7. The number of hydrogen-bond donors (Lipinski definition) is 0. The van der Waals surface area contributed by atoms with Crippen molar-refractivity contribution in [2.75, 3.05) is 6.54 Å². The SMILES string of the molecule is CCC(C)N(CC(=O)N(Cc1cccn1C)C1CC1)S(=O)(=O)c1ccc(Cl)cc1. The minimum Gasteiger partial charge on any atom is -0.353 e. The third-order valence-corrected chi connectivity index (χ3v) is 7.71. The minimum absolute atomic E-state index is 0.149. The number of carbonyl (C=O) groups is 1. The average Bonchev–Trinajstić information content (AvgIpc) is 3.45. The van der Waals surface area contributed by atoms with E-state index in [-0.39, 0.29) is 29.4 Å². The van der Waals surface area contributed by atoms with E-state index in [2.05, 4.69) is 0 Å². The van der Waals surface area contributed by atoms with E-state index in [0.29, 0.717) is 18.0 Å². The van der Waals surface area contributed by atoms with Gasteiger partial charge in [-0.05, 0) is 62.6 Å². The van der Waals surface area contributed by atoms with Gasteiger partial charge in [-0.25, -0.2) is 8.42 Å². The number of amides is 1. The molecule has 1 saturated carbocycles. The van der Waals surface area contributed by atoms with Gasteiger partial charge >= 0.3 is 0 Å². The van der Waals surface area contributed by atoms with E-state index >= 15 is 0 Å². The topological polar surface area (TPSA) is 62.6 Å². The summed E-state index contributed by atoms with van der Waals surface area (Å²) in [5.41, 5.74) is 1.03. The van der Waals surface area contributed by atoms with Gasteiger partial charge in [0.2, 0.25) is 15.9 Å². The molecule has 2 aromatic rings. The molecule has 158 valence electrons. The van der Waals surface area contributed by atoms with E-state index in [1.807, 2.05) is 48.7 Å². The summed E-state index contributed by atoms with van der Waals surface area (Å²) in [5.74, 6) is -0.161. The number of halogens is 1. The van der Waals surface area contributed by atoms with Gasteiger partial charge < -0.3 is 9.47 Å². The average molecular weight is 438 g/mol. The van der Waals surface area contributed by atoms with Crippen LogP contribution in [0.15, 0.2) is 47.5 Å². The van der Waals surface area contributed by atoms with Crippen LogP contribution in [0.2, 0.25) is 5.02 Å². The maximum Gasteiger partial charge on any atom is 0.243 e. The number of aryl methyl sites for hydroxylation is 1. The predicted octanol–water partition coefficient (Wildman–Crippen LogP) is 3.66. The molecule has 1 unspecified atom stereocenters. The third kappa shape index (κ3) is 5.02. The first kappa shape index (κ1) is 21.9. The lowest BCUT2D eigenvalue weighted by molar-refractivity contribution is -0.133. The molecule has 1 aliphatic carbocycles. The normalized spacial score (nSPS) is 15.5. The summed E-state index contributed by atoms with van der Waals surface area (Å²) in [6.45, 7) is 4.07. The van der Waals surface area contributed by atoms with Crippen molar-refractivity contribution in [2.45, 2.75) is 56.6 Å². The Morgan fingerprint density at radius 3 is 2.41 bits per heavy atom. The maximum atomic E-state index is 13.3. The predicted molar refractivity (Wildman–Crippen MR) is 114 cm³/mol. The highest BCUT2D eigenvalue weighted by atomic mass is 35.5. The molecule has 8 heteroatoms. The second-order valence-corrected chi connectivity index (χ2v) is 9.95. The van der Waals surface area contributed by atoms with Crippen LogP contribution in [0.3, 0.4) is 0 Å². The lowest BCUT2D eigenvalue weighted by Gasteiger charge is -2.30. The molecule has 1 heterocycles. The van der Waals surface area contributed by atoms with Crippen molar-refractivity contribution < 1.29 is 13.2 Å². The lowest BCUT2D eigenvalue weighted by Crippen LogP contribution is -2.47. The van der Waals surface area contributed by atoms with Gasteiger partial charge in [-0.1, -0.05) is 18.5 Å². The number of aromatic nitrogens is 1. The fourth-order valence-corrected chi connectivity index (χ4v) is 5.07. The summed E-state index contributed by atoms with van der Waals surface area (Å²) >= 11 is 5.91. The van der Waals surface area contributed by atoms with Crippen LogP contribution in [0.1, 0.15) is 38.8 Å². The molecule has 0 bridgehead atoms. The summed E-state index contributed by atoms with van der Waals surface area (Å²) in [7, 11) is -1.87. The van der Waals surface area contributed by atoms with E-state index in [4.69, 9.17) is 11.6 Å². The molecular weight excluding hydrogens is 410 g/mol. The Balaban J connectivity index is 1.84. The van der Waals surface area contributed by atoms with E-state index in [1.54, 1.807) is 12.1 Å². The van der Waals surface area contributed by atoms with Crippen LogP contribution < -0.4 is 0 Å². The van der Waals surface area contributed by atoms with Crippen molar-refractivity contribution in [2.24, 2.45) is 7.05 Å². The fourth-order valence-electron chi connectivity index (χ4n) is 3.29. The van der Waals surface area contributed by atoms with Gasteiger partial charge in [0.15, 0.2) is 0 Å². The highest BCUT2D eigenvalue weighted by Gasteiger charge is 2.37. The van der Waals surface area contributed by atoms with Crippen molar-refractivity contribution in [3.63, 3.8) is 0 Å². The molecule has 1 aromatic carbocycles. The van der Waals surface area contributed by atoms with E-state index in [1.165, 1.54) is 16.4 Å². The molecule has 0 N–H and O–H groups in total. The van der Waals surface area contributed by atoms with E-state index < -0.39 is 10.0 Å². The largest absolute Gasteiger partial charge is 0.353 e. The quantitative estimate of drug-likeness (QED) is 0.601. The molecule has 0 radical (unpaired) electrons. The molecule has 0 aliphatic heterocycles. The molecular formula is C21H28ClN3O3S. The lowest BCUT2D eigenvalue weighted by atomic mass is 10.2. The van der Waals surface area contributed by atoms with Crippen molar-refractivity contribution >= 4 is 27.5 Å². The van der Waals surface area contributed by atoms with Gasteiger partial charge in [0.05, 0.1) is 18.0 Å². The van der Waals surface area contributed by atoms with Crippen molar-refractivity contribution in [3.05, 3.63) is 53.3 Å². The molecule has 1 fully saturated rings. The summed E-state index contributed by atoms with van der Waals surface area (Å²) in [6, 6.07) is 9.90. The number of benzene rings is 1. The molecule has 0 saturated heterocycles. The van der Waals surface area contributed by atoms with Gasteiger partial charge in [0.1, 0.15) is 0 Å². The molecule has 29 heavy (non-hydrogen) atoms. The minimum atomic E-state index is -3.81. The number of hydrogen-bond acceptors (Lipinski definition) is 3. The number of nitrogens with zero attached hydrogens (tertiary/aromatic N) is 3. The Morgan fingerprint density at radius 2 is 1.90 bits per heavy atom. The van der Waals surface area contributed by atoms with Gasteiger partial charge in [0.25, 0.3) is 0 Å². The maximum absolute atomic E-state index is 13.3. The molecule has 3 rings (SSSR count). The van der Waals surface area contributed by atoms with Crippen LogP contribution >= 0.6 is 11.6 Å². The van der Waals surface area contributed by atoms with Gasteiger partial charge in [-0.3, -0.25) is 4.79 Å². The molecule has 1 aromatic heterocycles. The number of sulfonamides is 1. The zero-order valence-corrected chi connectivity index (χ0v) is 18.7. The Morgan fingerprint density at radius 1 is 1.24 bits per heavy atom. The Bertz CT molecular complexity index is 952. The Hall–Kier alpha value is -1.83. The Kier molecular flexibility index (Phi) is 6.71. The summed E-state index contributed by atoms with van der Waals surface area (Å²) < 4.78 is 29.8. The molecule has 0 spiro atoms. The molecule has 1 atom stereocenters. The molecule has 6 nitrogen and oxygen atoms in total. The zero-order valence-electron chi connectivity index (χ0n) is 17.1. The van der Waals surface area contributed by atoms with Crippen LogP contribution in [0.5, 0.6) is 0 Å². The van der Waals surface area contributed by atoms with Crippen LogP contribution in [0, 0.1) is 0 Å². The summed E-state index contributed by atoms with van der Waals surface area (Å²) in [5, 5.41) is 0.470. The van der Waals surface area contributed by atoms with Gasteiger partial charge in [-0.15, -0.1) is 0 Å². The fraction of sp³-hybridized carbons (Fsp3) is 0.476. The number of rotatable bonds is 9. The van der Waals surface area contributed by atoms with Gasteiger partial charge in [0, 0.05) is 36.0 Å². The highest BCUT2D eigenvalue weighted by molar-refractivity contribution is 7.89. The highest BCUT2D eigenvalue weighted by Crippen LogP contribution is 2.29. The van der Waals surface area contributed by atoms with Crippen molar-refractivity contribution in [1.29, 1.82) is 0 Å². The first-order valence-electron chi connectivity index (χ1n) is 9.91. The van der Waals surface area contributed by atoms with Crippen molar-refractivity contribution in [3.8, 4) is 0 Å². The molecule has 1 aliphatic rings. The van der Waals surface area contributed by atoms with Crippen LogP contribution in [0.25, 0.3) is 0 Å². The standard InChI is InChI=1S/C21H28ClN3O3S/c1-4-16(2)25(29(27,28)20-11-7-17(22)8-12-20)15-21(26)24(18-9-10-18)14-19-6-5-13-23(19)3/h5-8,11-13,16,18H,4,9-10,14-15H2,1-3H3. The van der Waals surface area contributed by atoms with Gasteiger partial charge in [-0.2, -0.15) is 4.31 Å². The number of carbonyl (C=O) groups excluding carboxylic acids is 1. The van der Waals surface area contributed by atoms with E-state index in [9.17, 15) is 13.2 Å². The van der Waals surface area contributed by atoms with Crippen molar-refractivity contribution in [1.82, 2.24) is 13.8 Å². The zero-order chi connectivity index (χ0) is 21.2. The smallest absolute Gasteiger partial charge is 0.243 e. The second-order valence-electron chi connectivity index (χ2n) is 7.62.